The van der Waals surface area contributed by atoms with Crippen molar-refractivity contribution in [2.75, 3.05) is 0 Å². The third kappa shape index (κ3) is 2.36. The molecule has 3 rings (SSSR count). The number of hydrogen-bond donors (Lipinski definition) is 0. The van der Waals surface area contributed by atoms with Crippen LogP contribution in [0.5, 0.6) is 0 Å². The van der Waals surface area contributed by atoms with Crippen LogP contribution in [0, 0.1) is 17.7 Å². The van der Waals surface area contributed by atoms with Crippen LogP contribution in [0.15, 0.2) is 18.2 Å². The minimum Gasteiger partial charge on any atom is -0.327 e. The Morgan fingerprint density at radius 2 is 2.26 bits per heavy atom. The van der Waals surface area contributed by atoms with E-state index in [1.165, 1.54) is 31.4 Å². The van der Waals surface area contributed by atoms with E-state index < -0.39 is 0 Å². The summed E-state index contributed by atoms with van der Waals surface area (Å²) >= 11 is 5.99. The number of alkyl halides is 1. The zero-order chi connectivity index (χ0) is 13.4. The van der Waals surface area contributed by atoms with Gasteiger partial charge in [-0.2, -0.15) is 0 Å². The molecule has 0 spiro atoms. The molecule has 1 heterocycles. The highest BCUT2D eigenvalue weighted by Crippen LogP contribution is 2.33. The molecule has 0 aliphatic heterocycles. The zero-order valence-corrected chi connectivity index (χ0v) is 11.8. The van der Waals surface area contributed by atoms with Gasteiger partial charge in [-0.05, 0) is 30.4 Å². The fourth-order valence-corrected chi connectivity index (χ4v) is 3.39. The van der Waals surface area contributed by atoms with Crippen LogP contribution in [0.2, 0.25) is 0 Å². The smallest absolute Gasteiger partial charge is 0.125 e. The molecule has 1 fully saturated rings. The van der Waals surface area contributed by atoms with Crippen LogP contribution in [0.4, 0.5) is 4.39 Å². The van der Waals surface area contributed by atoms with Crippen LogP contribution >= 0.6 is 11.6 Å². The maximum absolute atomic E-state index is 13.3. The van der Waals surface area contributed by atoms with Crippen molar-refractivity contribution in [1.82, 2.24) is 9.55 Å². The molecule has 1 saturated carbocycles. The molecule has 1 aliphatic rings. The molecule has 0 bridgehead atoms. The fourth-order valence-electron chi connectivity index (χ4n) is 3.19. The molecule has 2 nitrogen and oxygen atoms in total. The van der Waals surface area contributed by atoms with E-state index in [4.69, 9.17) is 11.6 Å². The molecule has 4 heteroatoms. The van der Waals surface area contributed by atoms with E-state index in [-0.39, 0.29) is 5.82 Å². The van der Waals surface area contributed by atoms with Gasteiger partial charge in [-0.3, -0.25) is 0 Å². The molecule has 2 unspecified atom stereocenters. The summed E-state index contributed by atoms with van der Waals surface area (Å²) in [5.41, 5.74) is 1.71. The molecule has 19 heavy (non-hydrogen) atoms. The predicted molar refractivity (Wildman–Crippen MR) is 75.8 cm³/mol. The topological polar surface area (TPSA) is 17.8 Å². The Balaban J connectivity index is 2.00. The van der Waals surface area contributed by atoms with E-state index in [0.29, 0.717) is 17.3 Å². The monoisotopic (exact) mass is 280 g/mol. The summed E-state index contributed by atoms with van der Waals surface area (Å²) in [5.74, 6) is 2.41. The normalized spacial score (nSPS) is 23.3. The fraction of sp³-hybridized carbons (Fsp3) is 0.533. The lowest BCUT2D eigenvalue weighted by molar-refractivity contribution is 0.364. The predicted octanol–water partition coefficient (Wildman–Crippen LogP) is 4.35. The van der Waals surface area contributed by atoms with Gasteiger partial charge in [0.05, 0.1) is 16.9 Å². The number of halogens is 2. The van der Waals surface area contributed by atoms with Gasteiger partial charge in [-0.25, -0.2) is 9.37 Å². The standard InChI is InChI=1S/C15H18ClFN2/c1-10-3-2-4-11(10)9-19-14-6-5-12(17)7-13(14)18-15(19)8-16/h5-7,10-11H,2-4,8-9H2,1H3. The van der Waals surface area contributed by atoms with E-state index >= 15 is 0 Å². The van der Waals surface area contributed by atoms with Crippen molar-refractivity contribution < 1.29 is 4.39 Å². The average Bonchev–Trinajstić information content (AvgIpc) is 2.94. The van der Waals surface area contributed by atoms with Crippen LogP contribution in [0.3, 0.4) is 0 Å². The second-order valence-corrected chi connectivity index (χ2v) is 5.84. The van der Waals surface area contributed by atoms with Crippen LogP contribution < -0.4 is 0 Å². The Labute approximate surface area is 117 Å². The maximum Gasteiger partial charge on any atom is 0.125 e. The van der Waals surface area contributed by atoms with Crippen molar-refractivity contribution in [3.05, 3.63) is 29.8 Å². The number of imidazole rings is 1. The van der Waals surface area contributed by atoms with E-state index in [1.807, 2.05) is 6.07 Å². The Morgan fingerprint density at radius 3 is 2.95 bits per heavy atom. The Morgan fingerprint density at radius 1 is 1.42 bits per heavy atom. The maximum atomic E-state index is 13.3. The van der Waals surface area contributed by atoms with Crippen molar-refractivity contribution in [3.8, 4) is 0 Å². The van der Waals surface area contributed by atoms with Gasteiger partial charge in [-0.15, -0.1) is 11.6 Å². The summed E-state index contributed by atoms with van der Waals surface area (Å²) in [6.07, 6.45) is 3.88. The second-order valence-electron chi connectivity index (χ2n) is 5.57. The molecular formula is C15H18ClFN2. The summed E-state index contributed by atoms with van der Waals surface area (Å²) in [6, 6.07) is 4.80. The number of nitrogens with zero attached hydrogens (tertiary/aromatic N) is 2. The molecule has 0 radical (unpaired) electrons. The molecule has 2 atom stereocenters. The van der Waals surface area contributed by atoms with Gasteiger partial charge in [-0.1, -0.05) is 19.8 Å². The van der Waals surface area contributed by atoms with Gasteiger partial charge in [0.15, 0.2) is 0 Å². The molecule has 2 aromatic rings. The minimum atomic E-state index is -0.243. The van der Waals surface area contributed by atoms with E-state index in [2.05, 4.69) is 16.5 Å². The summed E-state index contributed by atoms with van der Waals surface area (Å²) in [4.78, 5) is 4.45. The Kier molecular flexibility index (Phi) is 3.48. The highest BCUT2D eigenvalue weighted by molar-refractivity contribution is 6.16. The first-order chi connectivity index (χ1) is 9.19. The lowest BCUT2D eigenvalue weighted by Gasteiger charge is -2.17. The zero-order valence-electron chi connectivity index (χ0n) is 11.1. The highest BCUT2D eigenvalue weighted by atomic mass is 35.5. The first kappa shape index (κ1) is 12.9. The van der Waals surface area contributed by atoms with Crippen molar-refractivity contribution in [2.45, 2.75) is 38.6 Å². The van der Waals surface area contributed by atoms with Gasteiger partial charge >= 0.3 is 0 Å². The van der Waals surface area contributed by atoms with Crippen molar-refractivity contribution in [3.63, 3.8) is 0 Å². The van der Waals surface area contributed by atoms with Crippen LogP contribution in [-0.4, -0.2) is 9.55 Å². The van der Waals surface area contributed by atoms with Gasteiger partial charge in [0.1, 0.15) is 11.6 Å². The molecule has 102 valence electrons. The molecule has 0 amide bonds. The van der Waals surface area contributed by atoms with Crippen LogP contribution in [0.1, 0.15) is 32.0 Å². The van der Waals surface area contributed by atoms with Crippen molar-refractivity contribution in [2.24, 2.45) is 11.8 Å². The largest absolute Gasteiger partial charge is 0.327 e. The summed E-state index contributed by atoms with van der Waals surface area (Å²) in [5, 5.41) is 0. The summed E-state index contributed by atoms with van der Waals surface area (Å²) < 4.78 is 15.4. The number of aromatic nitrogens is 2. The van der Waals surface area contributed by atoms with Gasteiger partial charge in [0, 0.05) is 12.6 Å². The first-order valence-electron chi connectivity index (χ1n) is 6.89. The van der Waals surface area contributed by atoms with E-state index in [1.54, 1.807) is 0 Å². The Bertz CT molecular complexity index is 593. The summed E-state index contributed by atoms with van der Waals surface area (Å²) in [7, 11) is 0. The lowest BCUT2D eigenvalue weighted by Crippen LogP contribution is -2.14. The van der Waals surface area contributed by atoms with Gasteiger partial charge < -0.3 is 4.57 Å². The Hall–Kier alpha value is -1.09. The highest BCUT2D eigenvalue weighted by Gasteiger charge is 2.25. The number of benzene rings is 1. The molecule has 1 aliphatic carbocycles. The van der Waals surface area contributed by atoms with Crippen molar-refractivity contribution >= 4 is 22.6 Å². The van der Waals surface area contributed by atoms with E-state index in [0.717, 1.165) is 23.8 Å². The second kappa shape index (κ2) is 5.12. The minimum absolute atomic E-state index is 0.243. The van der Waals surface area contributed by atoms with Crippen LogP contribution in [0.25, 0.3) is 11.0 Å². The third-order valence-corrected chi connectivity index (χ3v) is 4.60. The molecule has 1 aromatic heterocycles. The molecular weight excluding hydrogens is 263 g/mol. The molecule has 1 aromatic carbocycles. The van der Waals surface area contributed by atoms with Crippen LogP contribution in [-0.2, 0) is 12.4 Å². The number of rotatable bonds is 3. The number of fused-ring (bicyclic) bond motifs is 1. The number of hydrogen-bond acceptors (Lipinski definition) is 1. The summed E-state index contributed by atoms with van der Waals surface area (Å²) in [6.45, 7) is 3.27. The first-order valence-corrected chi connectivity index (χ1v) is 7.43. The van der Waals surface area contributed by atoms with Crippen molar-refractivity contribution in [1.29, 1.82) is 0 Å². The average molecular weight is 281 g/mol. The van der Waals surface area contributed by atoms with E-state index in [9.17, 15) is 4.39 Å². The molecule has 0 N–H and O–H groups in total. The lowest BCUT2D eigenvalue weighted by atomic mass is 9.98. The molecule has 0 saturated heterocycles. The SMILES string of the molecule is CC1CCCC1Cn1c(CCl)nc2cc(F)ccc21. The van der Waals surface area contributed by atoms with Gasteiger partial charge in [0.25, 0.3) is 0 Å². The van der Waals surface area contributed by atoms with Gasteiger partial charge in [0.2, 0.25) is 0 Å². The third-order valence-electron chi connectivity index (χ3n) is 4.37. The quantitative estimate of drug-likeness (QED) is 0.764.